The molecule has 5 aliphatic rings. The number of hydrogen-bond donors (Lipinski definition) is 7. The van der Waals surface area contributed by atoms with E-state index in [1.807, 2.05) is 11.9 Å². The van der Waals surface area contributed by atoms with Gasteiger partial charge in [-0.3, -0.25) is 19.3 Å². The summed E-state index contributed by atoms with van der Waals surface area (Å²) in [7, 11) is 1.89. The number of ketones is 2. The highest BCUT2D eigenvalue weighted by Crippen LogP contribution is 2.55. The number of likely N-dealkylation sites (tertiary alicyclic amines) is 1. The number of aliphatic hydroxyl groups excluding tert-OH is 2. The van der Waals surface area contributed by atoms with Gasteiger partial charge >= 0.3 is 0 Å². The third-order valence-corrected chi connectivity index (χ3v) is 9.38. The van der Waals surface area contributed by atoms with Gasteiger partial charge in [0.25, 0.3) is 5.91 Å². The van der Waals surface area contributed by atoms with Gasteiger partial charge in [0, 0.05) is 35.2 Å². The number of aliphatic hydroxyl groups is 3. The molecule has 11 nitrogen and oxygen atoms in total. The third-order valence-electron chi connectivity index (χ3n) is 9.38. The van der Waals surface area contributed by atoms with Crippen LogP contribution in [0.25, 0.3) is 0 Å². The molecule has 1 saturated heterocycles. The van der Waals surface area contributed by atoms with Gasteiger partial charge in [-0.05, 0) is 51.2 Å². The molecule has 3 aliphatic carbocycles. The van der Waals surface area contributed by atoms with Crippen molar-refractivity contribution in [2.24, 2.45) is 23.5 Å². The van der Waals surface area contributed by atoms with Gasteiger partial charge in [0.1, 0.15) is 22.9 Å². The van der Waals surface area contributed by atoms with Crippen LogP contribution in [0.5, 0.6) is 5.75 Å². The lowest BCUT2D eigenvalue weighted by Crippen LogP contribution is -2.64. The number of nitrogens with one attached hydrogen (secondary N) is 2. The van der Waals surface area contributed by atoms with Gasteiger partial charge in [-0.2, -0.15) is 0 Å². The number of allylic oxidation sites excluding steroid dienone is 1. The van der Waals surface area contributed by atoms with Crippen molar-refractivity contribution < 1.29 is 39.2 Å². The number of Topliss-reactive ketones (excluding diaryl/α,β-unsaturated/α-hetero) is 2. The first-order chi connectivity index (χ1) is 18.4. The van der Waals surface area contributed by atoms with Crippen LogP contribution in [0.1, 0.15) is 47.3 Å². The van der Waals surface area contributed by atoms with Crippen molar-refractivity contribution in [3.05, 3.63) is 45.2 Å². The van der Waals surface area contributed by atoms with Crippen LogP contribution in [0.15, 0.2) is 22.7 Å². The smallest absolute Gasteiger partial charge is 0.255 e. The van der Waals surface area contributed by atoms with Gasteiger partial charge in [-0.25, -0.2) is 4.39 Å². The Morgan fingerprint density at radius 1 is 1.28 bits per heavy atom. The minimum atomic E-state index is -2.73. The number of benzene rings is 1. The van der Waals surface area contributed by atoms with Crippen LogP contribution >= 0.6 is 0 Å². The molecule has 6 rings (SSSR count). The number of fused-ring (bicyclic) bond motifs is 6. The van der Waals surface area contributed by atoms with Crippen molar-refractivity contribution in [3.63, 3.8) is 0 Å². The molecule has 2 heterocycles. The summed E-state index contributed by atoms with van der Waals surface area (Å²) in [5.74, 6) is -8.03. The number of likely N-dealkylation sites (N-methyl/N-ethyl adjacent to an activating group) is 1. The Morgan fingerprint density at radius 2 is 2.00 bits per heavy atom. The highest BCUT2D eigenvalue weighted by Gasteiger charge is 2.63. The standard InChI is InChI=1S/C27H31FN4O7/c1-3-30-18-12-7-10-6-11-14(22(34)19-15(17(11)28)20-9(8-31-19)4-5-32(20)2)21(33)13(10)24(36)27(12,39)25(37)16(23(18)35)26(29)38/h9-10,12,18,20,30-31,34-36,39H,3-8H2,1-2H3,(H2,29,38)/t9?,10-,12-,18-,20?,27-/m0/s1. The molecule has 208 valence electrons. The summed E-state index contributed by atoms with van der Waals surface area (Å²) in [6.07, 6.45) is 0.681. The largest absolute Gasteiger partial charge is 0.510 e. The Balaban J connectivity index is 1.54. The molecular formula is C27H31FN4O7. The predicted molar refractivity (Wildman–Crippen MR) is 136 cm³/mol. The van der Waals surface area contributed by atoms with Crippen LogP contribution in [0.3, 0.4) is 0 Å². The fourth-order valence-electron chi connectivity index (χ4n) is 7.63. The lowest BCUT2D eigenvalue weighted by molar-refractivity contribution is -0.146. The average molecular weight is 543 g/mol. The van der Waals surface area contributed by atoms with Crippen molar-refractivity contribution in [1.82, 2.24) is 10.2 Å². The Labute approximate surface area is 223 Å². The summed E-state index contributed by atoms with van der Waals surface area (Å²) in [5.41, 5.74) is 1.55. The van der Waals surface area contributed by atoms with Crippen molar-refractivity contribution in [3.8, 4) is 5.75 Å². The van der Waals surface area contributed by atoms with Crippen LogP contribution in [-0.2, 0) is 16.0 Å². The molecule has 1 aromatic carbocycles. The summed E-state index contributed by atoms with van der Waals surface area (Å²) in [6, 6.07) is -1.41. The normalized spacial score (nSPS) is 33.7. The number of aromatic hydroxyl groups is 1. The zero-order chi connectivity index (χ0) is 28.1. The second-order valence-electron chi connectivity index (χ2n) is 11.2. The lowest BCUT2D eigenvalue weighted by Gasteiger charge is -2.49. The molecule has 1 aromatic rings. The minimum absolute atomic E-state index is 0.0192. The molecule has 1 fully saturated rings. The fraction of sp³-hybridized carbons (Fsp3) is 0.519. The van der Waals surface area contributed by atoms with E-state index < -0.39 is 69.6 Å². The molecule has 8 N–H and O–H groups in total. The number of primary amides is 1. The molecule has 0 aromatic heterocycles. The second-order valence-corrected chi connectivity index (χ2v) is 11.2. The Bertz CT molecular complexity index is 1420. The minimum Gasteiger partial charge on any atom is -0.510 e. The fourth-order valence-corrected chi connectivity index (χ4v) is 7.63. The maximum atomic E-state index is 16.3. The highest BCUT2D eigenvalue weighted by atomic mass is 19.1. The molecule has 2 unspecified atom stereocenters. The van der Waals surface area contributed by atoms with Crippen molar-refractivity contribution in [1.29, 1.82) is 0 Å². The lowest BCUT2D eigenvalue weighted by atomic mass is 9.58. The summed E-state index contributed by atoms with van der Waals surface area (Å²) in [4.78, 5) is 41.3. The second kappa shape index (κ2) is 8.51. The number of halogens is 1. The van der Waals surface area contributed by atoms with Crippen LogP contribution in [0, 0.1) is 23.6 Å². The number of nitrogens with two attached hydrogens (primary N) is 1. The molecule has 12 heteroatoms. The monoisotopic (exact) mass is 542 g/mol. The number of phenolic OH excluding ortho intramolecular Hbond substituents is 1. The Morgan fingerprint density at radius 3 is 2.67 bits per heavy atom. The molecule has 0 saturated carbocycles. The van der Waals surface area contributed by atoms with Gasteiger partial charge in [0.15, 0.2) is 17.1 Å². The van der Waals surface area contributed by atoms with Crippen LogP contribution in [0.2, 0.25) is 0 Å². The van der Waals surface area contributed by atoms with Crippen molar-refractivity contribution >= 4 is 23.2 Å². The molecule has 6 atom stereocenters. The number of carbonyl (C=O) groups is 3. The first-order valence-corrected chi connectivity index (χ1v) is 13.2. The van der Waals surface area contributed by atoms with E-state index >= 15 is 4.39 Å². The number of amides is 1. The van der Waals surface area contributed by atoms with E-state index in [2.05, 4.69) is 10.6 Å². The summed E-state index contributed by atoms with van der Waals surface area (Å²) in [6.45, 7) is 3.23. The van der Waals surface area contributed by atoms with Crippen LogP contribution in [-0.4, -0.2) is 81.1 Å². The van der Waals surface area contributed by atoms with Gasteiger partial charge in [-0.1, -0.05) is 6.92 Å². The Kier molecular flexibility index (Phi) is 5.62. The molecule has 1 amide bonds. The number of anilines is 1. The summed E-state index contributed by atoms with van der Waals surface area (Å²) in [5, 5.41) is 51.1. The van der Waals surface area contributed by atoms with E-state index in [0.717, 1.165) is 13.0 Å². The van der Waals surface area contributed by atoms with E-state index in [-0.39, 0.29) is 53.7 Å². The summed E-state index contributed by atoms with van der Waals surface area (Å²) < 4.78 is 16.3. The maximum absolute atomic E-state index is 16.3. The highest BCUT2D eigenvalue weighted by molar-refractivity contribution is 6.25. The number of phenols is 1. The molecular weight excluding hydrogens is 511 g/mol. The number of rotatable bonds is 3. The average Bonchev–Trinajstić information content (AvgIpc) is 3.27. The number of carbonyl (C=O) groups excluding carboxylic acids is 3. The Hall–Kier alpha value is -3.48. The third kappa shape index (κ3) is 3.16. The van der Waals surface area contributed by atoms with E-state index in [1.54, 1.807) is 6.92 Å². The van der Waals surface area contributed by atoms with Crippen LogP contribution < -0.4 is 16.4 Å². The van der Waals surface area contributed by atoms with E-state index in [4.69, 9.17) is 5.73 Å². The zero-order valence-electron chi connectivity index (χ0n) is 21.5. The van der Waals surface area contributed by atoms with Gasteiger partial charge in [0.05, 0.1) is 17.3 Å². The van der Waals surface area contributed by atoms with Crippen molar-refractivity contribution in [2.45, 2.75) is 43.9 Å². The molecule has 0 bridgehead atoms. The quantitative estimate of drug-likeness (QED) is 0.212. The number of hydrogen-bond acceptors (Lipinski definition) is 10. The first kappa shape index (κ1) is 25.8. The predicted octanol–water partition coefficient (Wildman–Crippen LogP) is 0.726. The van der Waals surface area contributed by atoms with E-state index in [9.17, 15) is 34.8 Å². The van der Waals surface area contributed by atoms with E-state index in [0.29, 0.717) is 12.1 Å². The topological polar surface area (TPSA) is 185 Å². The molecule has 2 aliphatic heterocycles. The molecule has 39 heavy (non-hydrogen) atoms. The van der Waals surface area contributed by atoms with Crippen molar-refractivity contribution in [2.75, 3.05) is 32.0 Å². The first-order valence-electron chi connectivity index (χ1n) is 13.2. The van der Waals surface area contributed by atoms with Gasteiger partial charge in [-0.15, -0.1) is 0 Å². The summed E-state index contributed by atoms with van der Waals surface area (Å²) >= 11 is 0. The molecule has 0 spiro atoms. The maximum Gasteiger partial charge on any atom is 0.255 e. The van der Waals surface area contributed by atoms with E-state index in [1.165, 1.54) is 0 Å². The number of nitrogens with zero attached hydrogens (tertiary/aromatic N) is 1. The van der Waals surface area contributed by atoms with Gasteiger partial charge < -0.3 is 36.8 Å². The molecule has 0 radical (unpaired) electrons. The SMILES string of the molecule is CCN[C@@H]1C(O)=C(C(N)=O)C(=O)[C@@]2(O)C(O)=C3C(=O)c4c(O)c5c(c(F)c4C[C@H]3C[C@@H]12)C1C(CCN1C)CN5. The van der Waals surface area contributed by atoms with Gasteiger partial charge in [0.2, 0.25) is 5.78 Å². The zero-order valence-corrected chi connectivity index (χ0v) is 21.5. The van der Waals surface area contributed by atoms with Crippen LogP contribution in [0.4, 0.5) is 10.1 Å².